The lowest BCUT2D eigenvalue weighted by Gasteiger charge is -2.32. The Labute approximate surface area is 195 Å². The minimum atomic E-state index is -0.940. The zero-order valence-corrected chi connectivity index (χ0v) is 19.9. The Bertz CT molecular complexity index is 1220. The van der Waals surface area contributed by atoms with E-state index >= 15 is 0 Å². The van der Waals surface area contributed by atoms with E-state index in [9.17, 15) is 9.59 Å². The summed E-state index contributed by atoms with van der Waals surface area (Å²) < 4.78 is 5.71. The molecule has 1 unspecified atom stereocenters. The third-order valence-electron chi connectivity index (χ3n) is 6.31. The summed E-state index contributed by atoms with van der Waals surface area (Å²) in [5.74, 6) is -0.841. The van der Waals surface area contributed by atoms with Gasteiger partial charge in [0.1, 0.15) is 0 Å². The predicted molar refractivity (Wildman–Crippen MR) is 130 cm³/mol. The lowest BCUT2D eigenvalue weighted by atomic mass is 9.95. The van der Waals surface area contributed by atoms with E-state index in [1.165, 1.54) is 0 Å². The summed E-state index contributed by atoms with van der Waals surface area (Å²) in [6, 6.07) is 13.8. The second-order valence-electron chi connectivity index (χ2n) is 9.10. The van der Waals surface area contributed by atoms with Gasteiger partial charge in [-0.25, -0.2) is 4.79 Å². The van der Waals surface area contributed by atoms with Crippen LogP contribution in [0.3, 0.4) is 0 Å². The van der Waals surface area contributed by atoms with Crippen molar-refractivity contribution in [1.82, 2.24) is 9.88 Å². The van der Waals surface area contributed by atoms with E-state index in [2.05, 4.69) is 24.1 Å². The van der Waals surface area contributed by atoms with Gasteiger partial charge in [-0.05, 0) is 57.9 Å². The molecule has 4 rings (SSSR count). The SMILES string of the molecule is Cc1ccc(C)c(NC(=O)C(C)OC(=O)c2c3c(nc4ccccc24)CCN(C(C)C)C3)c1. The van der Waals surface area contributed by atoms with Crippen molar-refractivity contribution in [2.24, 2.45) is 0 Å². The molecule has 1 aliphatic heterocycles. The standard InChI is InChI=1S/C27H31N3O3/c1-16(2)30-13-12-23-21(15-30)25(20-8-6-7-9-22(20)28-23)27(32)33-19(5)26(31)29-24-14-17(3)10-11-18(24)4/h6-11,14,16,19H,12-13,15H2,1-5H3,(H,29,31). The second-order valence-corrected chi connectivity index (χ2v) is 9.10. The maximum absolute atomic E-state index is 13.4. The van der Waals surface area contributed by atoms with Crippen molar-refractivity contribution in [3.63, 3.8) is 0 Å². The first-order valence-electron chi connectivity index (χ1n) is 11.5. The minimum Gasteiger partial charge on any atom is -0.449 e. The molecule has 0 radical (unpaired) electrons. The van der Waals surface area contributed by atoms with Gasteiger partial charge in [-0.2, -0.15) is 0 Å². The Morgan fingerprint density at radius 2 is 1.85 bits per heavy atom. The molecule has 1 aliphatic rings. The second kappa shape index (κ2) is 9.32. The van der Waals surface area contributed by atoms with E-state index < -0.39 is 12.1 Å². The van der Waals surface area contributed by atoms with Crippen LogP contribution in [0.25, 0.3) is 10.9 Å². The number of anilines is 1. The number of esters is 1. The maximum atomic E-state index is 13.4. The molecule has 172 valence electrons. The Kier molecular flexibility index (Phi) is 6.47. The number of pyridine rings is 1. The summed E-state index contributed by atoms with van der Waals surface area (Å²) in [7, 11) is 0. The molecule has 2 heterocycles. The molecule has 0 aliphatic carbocycles. The smallest absolute Gasteiger partial charge is 0.339 e. The van der Waals surface area contributed by atoms with Crippen molar-refractivity contribution in [2.75, 3.05) is 11.9 Å². The quantitative estimate of drug-likeness (QED) is 0.571. The van der Waals surface area contributed by atoms with Crippen molar-refractivity contribution >= 4 is 28.5 Å². The van der Waals surface area contributed by atoms with Gasteiger partial charge in [0.05, 0.1) is 11.1 Å². The first kappa shape index (κ1) is 22.9. The van der Waals surface area contributed by atoms with Crippen LogP contribution < -0.4 is 5.32 Å². The molecular weight excluding hydrogens is 414 g/mol. The van der Waals surface area contributed by atoms with Gasteiger partial charge in [0.25, 0.3) is 5.91 Å². The zero-order valence-electron chi connectivity index (χ0n) is 19.9. The van der Waals surface area contributed by atoms with Crippen LogP contribution in [0.5, 0.6) is 0 Å². The third-order valence-corrected chi connectivity index (χ3v) is 6.31. The number of fused-ring (bicyclic) bond motifs is 2. The number of hydrogen-bond acceptors (Lipinski definition) is 5. The van der Waals surface area contributed by atoms with Crippen molar-refractivity contribution in [3.05, 3.63) is 70.4 Å². The summed E-state index contributed by atoms with van der Waals surface area (Å²) in [6.07, 6.45) is -0.161. The molecule has 0 saturated heterocycles. The van der Waals surface area contributed by atoms with Crippen molar-refractivity contribution in [1.29, 1.82) is 0 Å². The highest BCUT2D eigenvalue weighted by Crippen LogP contribution is 2.30. The summed E-state index contributed by atoms with van der Waals surface area (Å²) in [5.41, 5.74) is 5.86. The number of nitrogens with one attached hydrogen (secondary N) is 1. The number of carbonyl (C=O) groups excluding carboxylic acids is 2. The van der Waals surface area contributed by atoms with E-state index in [0.29, 0.717) is 18.2 Å². The average Bonchev–Trinajstić information content (AvgIpc) is 2.79. The molecule has 33 heavy (non-hydrogen) atoms. The fraction of sp³-hybridized carbons (Fsp3) is 0.370. The first-order chi connectivity index (χ1) is 15.7. The van der Waals surface area contributed by atoms with Crippen LogP contribution in [0.2, 0.25) is 0 Å². The van der Waals surface area contributed by atoms with E-state index in [4.69, 9.17) is 9.72 Å². The third kappa shape index (κ3) is 4.76. The molecule has 2 aromatic carbocycles. The monoisotopic (exact) mass is 445 g/mol. The number of hydrogen-bond donors (Lipinski definition) is 1. The summed E-state index contributed by atoms with van der Waals surface area (Å²) in [5, 5.41) is 3.65. The number of rotatable bonds is 5. The highest BCUT2D eigenvalue weighted by molar-refractivity contribution is 6.06. The van der Waals surface area contributed by atoms with Gasteiger partial charge in [-0.15, -0.1) is 0 Å². The summed E-state index contributed by atoms with van der Waals surface area (Å²) in [6.45, 7) is 11.3. The Hall–Kier alpha value is -3.25. The van der Waals surface area contributed by atoms with Gasteiger partial charge in [0.2, 0.25) is 0 Å². The van der Waals surface area contributed by atoms with Gasteiger partial charge in [0, 0.05) is 47.9 Å². The average molecular weight is 446 g/mol. The molecule has 1 atom stereocenters. The van der Waals surface area contributed by atoms with Crippen LogP contribution >= 0.6 is 0 Å². The van der Waals surface area contributed by atoms with E-state index in [0.717, 1.165) is 51.9 Å². The number of amides is 1. The molecule has 3 aromatic rings. The van der Waals surface area contributed by atoms with Crippen LogP contribution in [0, 0.1) is 13.8 Å². The lowest BCUT2D eigenvalue weighted by Crippen LogP contribution is -2.37. The van der Waals surface area contributed by atoms with Crippen LogP contribution in [0.1, 0.15) is 53.5 Å². The zero-order chi connectivity index (χ0) is 23.7. The maximum Gasteiger partial charge on any atom is 0.339 e. The number of carbonyl (C=O) groups is 2. The number of ether oxygens (including phenoxy) is 1. The molecular formula is C27H31N3O3. The number of para-hydroxylation sites is 1. The van der Waals surface area contributed by atoms with E-state index in [1.54, 1.807) is 6.92 Å². The van der Waals surface area contributed by atoms with Gasteiger partial charge < -0.3 is 10.1 Å². The van der Waals surface area contributed by atoms with Crippen molar-refractivity contribution < 1.29 is 14.3 Å². The van der Waals surface area contributed by atoms with Crippen molar-refractivity contribution in [2.45, 2.75) is 59.7 Å². The fourth-order valence-corrected chi connectivity index (χ4v) is 4.26. The van der Waals surface area contributed by atoms with Crippen LogP contribution in [-0.2, 0) is 22.5 Å². The Morgan fingerprint density at radius 3 is 2.61 bits per heavy atom. The molecule has 0 spiro atoms. The van der Waals surface area contributed by atoms with Gasteiger partial charge in [0.15, 0.2) is 6.10 Å². The fourth-order valence-electron chi connectivity index (χ4n) is 4.26. The molecule has 6 heteroatoms. The van der Waals surface area contributed by atoms with E-state index in [-0.39, 0.29) is 5.91 Å². The largest absolute Gasteiger partial charge is 0.449 e. The number of benzene rings is 2. The topological polar surface area (TPSA) is 71.5 Å². The Morgan fingerprint density at radius 1 is 1.09 bits per heavy atom. The summed E-state index contributed by atoms with van der Waals surface area (Å²) >= 11 is 0. The molecule has 0 saturated carbocycles. The van der Waals surface area contributed by atoms with Gasteiger partial charge >= 0.3 is 5.97 Å². The number of nitrogens with zero attached hydrogens (tertiary/aromatic N) is 2. The Balaban J connectivity index is 1.63. The molecule has 0 bridgehead atoms. The van der Waals surface area contributed by atoms with Crippen LogP contribution in [-0.4, -0.2) is 40.5 Å². The minimum absolute atomic E-state index is 0.354. The van der Waals surface area contributed by atoms with E-state index in [1.807, 2.05) is 56.3 Å². The number of aromatic nitrogens is 1. The molecule has 1 N–H and O–H groups in total. The highest BCUT2D eigenvalue weighted by Gasteiger charge is 2.29. The molecule has 0 fully saturated rings. The normalized spacial score (nSPS) is 14.7. The van der Waals surface area contributed by atoms with Crippen molar-refractivity contribution in [3.8, 4) is 0 Å². The summed E-state index contributed by atoms with van der Waals surface area (Å²) in [4.78, 5) is 33.4. The highest BCUT2D eigenvalue weighted by atomic mass is 16.5. The lowest BCUT2D eigenvalue weighted by molar-refractivity contribution is -0.123. The molecule has 1 aromatic heterocycles. The van der Waals surface area contributed by atoms with Crippen LogP contribution in [0.15, 0.2) is 42.5 Å². The number of aryl methyl sites for hydroxylation is 2. The first-order valence-corrected chi connectivity index (χ1v) is 11.5. The molecule has 6 nitrogen and oxygen atoms in total. The predicted octanol–water partition coefficient (Wildman–Crippen LogP) is 4.80. The molecule has 1 amide bonds. The van der Waals surface area contributed by atoms with Gasteiger partial charge in [-0.3, -0.25) is 14.7 Å². The van der Waals surface area contributed by atoms with Crippen LogP contribution in [0.4, 0.5) is 5.69 Å². The van der Waals surface area contributed by atoms with Gasteiger partial charge in [-0.1, -0.05) is 30.3 Å².